The van der Waals surface area contributed by atoms with Crippen LogP contribution in [0.1, 0.15) is 30.4 Å². The lowest BCUT2D eigenvalue weighted by Gasteiger charge is -2.40. The summed E-state index contributed by atoms with van der Waals surface area (Å²) in [6.07, 6.45) is 0.890. The zero-order chi connectivity index (χ0) is 12.4. The predicted molar refractivity (Wildman–Crippen MR) is 71.2 cm³/mol. The first kappa shape index (κ1) is 12.6. The molecule has 1 heterocycles. The molecule has 2 rings (SSSR count). The predicted octanol–water partition coefficient (Wildman–Crippen LogP) is 2.41. The molecule has 0 spiro atoms. The molecule has 2 nitrogen and oxygen atoms in total. The smallest absolute Gasteiger partial charge is 0.0738 e. The molecule has 0 saturated carbocycles. The summed E-state index contributed by atoms with van der Waals surface area (Å²) in [4.78, 5) is 2.24. The van der Waals surface area contributed by atoms with E-state index in [1.165, 1.54) is 11.1 Å². The Bertz CT molecular complexity index is 360. The standard InChI is InChI=1S/C15H23NO/c1-4-12-9-16(3)10-14(17)15(12)13-7-5-11(2)6-8-13/h5-8,12,14-15,17H,4,9-10H2,1-3H3/t12-,14+,15-/m1/s1. The molecule has 1 aromatic carbocycles. The second-order valence-corrected chi connectivity index (χ2v) is 5.39. The zero-order valence-electron chi connectivity index (χ0n) is 11.1. The number of hydrogen-bond acceptors (Lipinski definition) is 2. The third-order valence-electron chi connectivity index (χ3n) is 3.95. The van der Waals surface area contributed by atoms with E-state index in [2.05, 4.69) is 50.1 Å². The highest BCUT2D eigenvalue weighted by atomic mass is 16.3. The van der Waals surface area contributed by atoms with E-state index in [0.717, 1.165) is 19.5 Å². The van der Waals surface area contributed by atoms with Crippen LogP contribution in [-0.2, 0) is 0 Å². The van der Waals surface area contributed by atoms with Gasteiger partial charge in [0, 0.05) is 19.0 Å². The fraction of sp³-hybridized carbons (Fsp3) is 0.600. The molecule has 1 saturated heterocycles. The highest BCUT2D eigenvalue weighted by Gasteiger charge is 2.34. The number of β-amino-alcohol motifs (C(OH)–C–C–N with tert-alkyl or cyclic N) is 1. The van der Waals surface area contributed by atoms with Crippen molar-refractivity contribution >= 4 is 0 Å². The number of aliphatic hydroxyl groups is 1. The van der Waals surface area contributed by atoms with Crippen LogP contribution >= 0.6 is 0 Å². The first-order valence-electron chi connectivity index (χ1n) is 6.55. The van der Waals surface area contributed by atoms with E-state index in [9.17, 15) is 5.11 Å². The zero-order valence-corrected chi connectivity index (χ0v) is 11.1. The second-order valence-electron chi connectivity index (χ2n) is 5.39. The number of aliphatic hydroxyl groups excluding tert-OH is 1. The van der Waals surface area contributed by atoms with Gasteiger partial charge < -0.3 is 10.0 Å². The number of likely N-dealkylation sites (N-methyl/N-ethyl adjacent to an activating group) is 1. The molecule has 1 fully saturated rings. The van der Waals surface area contributed by atoms with Crippen LogP contribution in [0.3, 0.4) is 0 Å². The molecule has 17 heavy (non-hydrogen) atoms. The highest BCUT2D eigenvalue weighted by Crippen LogP contribution is 2.34. The Balaban J connectivity index is 2.24. The van der Waals surface area contributed by atoms with Gasteiger partial charge in [-0.25, -0.2) is 0 Å². The summed E-state index contributed by atoms with van der Waals surface area (Å²) in [5.74, 6) is 0.864. The van der Waals surface area contributed by atoms with E-state index in [1.54, 1.807) is 0 Å². The molecule has 1 aliphatic heterocycles. The molecule has 1 N–H and O–H groups in total. The SMILES string of the molecule is CC[C@@H]1CN(C)C[C@H](O)[C@H]1c1ccc(C)cc1. The first-order chi connectivity index (χ1) is 8.11. The third kappa shape index (κ3) is 2.70. The maximum absolute atomic E-state index is 10.3. The summed E-state index contributed by atoms with van der Waals surface area (Å²) in [5.41, 5.74) is 2.58. The van der Waals surface area contributed by atoms with Crippen LogP contribution < -0.4 is 0 Å². The van der Waals surface area contributed by atoms with E-state index in [4.69, 9.17) is 0 Å². The van der Waals surface area contributed by atoms with E-state index >= 15 is 0 Å². The van der Waals surface area contributed by atoms with Crippen LogP contribution in [0.2, 0.25) is 0 Å². The van der Waals surface area contributed by atoms with Gasteiger partial charge in [-0.1, -0.05) is 43.2 Å². The fourth-order valence-electron chi connectivity index (χ4n) is 3.00. The molecule has 0 radical (unpaired) electrons. The van der Waals surface area contributed by atoms with Crippen molar-refractivity contribution < 1.29 is 5.11 Å². The fourth-order valence-corrected chi connectivity index (χ4v) is 3.00. The van der Waals surface area contributed by atoms with Gasteiger partial charge in [-0.05, 0) is 25.5 Å². The summed E-state index contributed by atoms with van der Waals surface area (Å²) in [6, 6.07) is 8.65. The number of benzene rings is 1. The Morgan fingerprint density at radius 3 is 2.47 bits per heavy atom. The summed E-state index contributed by atoms with van der Waals surface area (Å²) < 4.78 is 0. The summed E-state index contributed by atoms with van der Waals surface area (Å²) in [5, 5.41) is 10.3. The Labute approximate surface area is 104 Å². The molecule has 3 atom stereocenters. The Hall–Kier alpha value is -0.860. The molecule has 0 aromatic heterocycles. The first-order valence-corrected chi connectivity index (χ1v) is 6.55. The lowest BCUT2D eigenvalue weighted by Crippen LogP contribution is -2.46. The van der Waals surface area contributed by atoms with E-state index in [-0.39, 0.29) is 6.10 Å². The molecule has 94 valence electrons. The second kappa shape index (κ2) is 5.19. The number of rotatable bonds is 2. The van der Waals surface area contributed by atoms with Crippen LogP contribution in [0.25, 0.3) is 0 Å². The van der Waals surface area contributed by atoms with E-state index < -0.39 is 0 Å². The van der Waals surface area contributed by atoms with Crippen molar-refractivity contribution in [2.75, 3.05) is 20.1 Å². The van der Waals surface area contributed by atoms with Crippen molar-refractivity contribution in [1.29, 1.82) is 0 Å². The van der Waals surface area contributed by atoms with Crippen molar-refractivity contribution in [1.82, 2.24) is 4.90 Å². The average Bonchev–Trinajstić information content (AvgIpc) is 2.30. The summed E-state index contributed by atoms with van der Waals surface area (Å²) >= 11 is 0. The minimum Gasteiger partial charge on any atom is -0.391 e. The largest absolute Gasteiger partial charge is 0.391 e. The number of piperidine rings is 1. The molecule has 1 aromatic rings. The van der Waals surface area contributed by atoms with Gasteiger partial charge in [0.2, 0.25) is 0 Å². The third-order valence-corrected chi connectivity index (χ3v) is 3.95. The minimum atomic E-state index is -0.235. The van der Waals surface area contributed by atoms with Crippen molar-refractivity contribution in [3.05, 3.63) is 35.4 Å². The normalized spacial score (nSPS) is 30.5. The molecular formula is C15H23NO. The monoisotopic (exact) mass is 233 g/mol. The lowest BCUT2D eigenvalue weighted by molar-refractivity contribution is 0.0283. The Morgan fingerprint density at radius 2 is 1.88 bits per heavy atom. The van der Waals surface area contributed by atoms with Crippen molar-refractivity contribution in [2.24, 2.45) is 5.92 Å². The van der Waals surface area contributed by atoms with Gasteiger partial charge in [-0.2, -0.15) is 0 Å². The van der Waals surface area contributed by atoms with Gasteiger partial charge >= 0.3 is 0 Å². The average molecular weight is 233 g/mol. The summed E-state index contributed by atoms with van der Waals surface area (Å²) in [6.45, 7) is 6.20. The van der Waals surface area contributed by atoms with E-state index in [0.29, 0.717) is 11.8 Å². The lowest BCUT2D eigenvalue weighted by atomic mass is 9.77. The van der Waals surface area contributed by atoms with Crippen LogP contribution in [-0.4, -0.2) is 36.2 Å². The maximum Gasteiger partial charge on any atom is 0.0738 e. The summed E-state index contributed by atoms with van der Waals surface area (Å²) in [7, 11) is 2.09. The van der Waals surface area contributed by atoms with Crippen molar-refractivity contribution in [3.8, 4) is 0 Å². The Kier molecular flexibility index (Phi) is 3.85. The number of aryl methyl sites for hydroxylation is 1. The molecule has 0 aliphatic carbocycles. The van der Waals surface area contributed by atoms with Crippen LogP contribution in [0.15, 0.2) is 24.3 Å². The Morgan fingerprint density at radius 1 is 1.24 bits per heavy atom. The van der Waals surface area contributed by atoms with Crippen molar-refractivity contribution in [2.45, 2.75) is 32.3 Å². The van der Waals surface area contributed by atoms with Gasteiger partial charge in [0.05, 0.1) is 6.10 Å². The van der Waals surface area contributed by atoms with Gasteiger partial charge in [-0.15, -0.1) is 0 Å². The number of hydrogen-bond donors (Lipinski definition) is 1. The number of nitrogens with zero attached hydrogens (tertiary/aromatic N) is 1. The molecular weight excluding hydrogens is 210 g/mol. The minimum absolute atomic E-state index is 0.235. The van der Waals surface area contributed by atoms with Gasteiger partial charge in [0.1, 0.15) is 0 Å². The number of likely N-dealkylation sites (tertiary alicyclic amines) is 1. The molecule has 2 heteroatoms. The quantitative estimate of drug-likeness (QED) is 0.848. The molecule has 0 amide bonds. The van der Waals surface area contributed by atoms with Crippen LogP contribution in [0, 0.1) is 12.8 Å². The highest BCUT2D eigenvalue weighted by molar-refractivity contribution is 5.26. The van der Waals surface area contributed by atoms with Gasteiger partial charge in [0.25, 0.3) is 0 Å². The van der Waals surface area contributed by atoms with Gasteiger partial charge in [0.15, 0.2) is 0 Å². The van der Waals surface area contributed by atoms with Crippen molar-refractivity contribution in [3.63, 3.8) is 0 Å². The van der Waals surface area contributed by atoms with E-state index in [1.807, 2.05) is 0 Å². The van der Waals surface area contributed by atoms with Crippen LogP contribution in [0.5, 0.6) is 0 Å². The van der Waals surface area contributed by atoms with Gasteiger partial charge in [-0.3, -0.25) is 0 Å². The van der Waals surface area contributed by atoms with Crippen LogP contribution in [0.4, 0.5) is 0 Å². The molecule has 1 aliphatic rings. The molecule has 0 bridgehead atoms. The maximum atomic E-state index is 10.3. The molecule has 0 unspecified atom stereocenters. The topological polar surface area (TPSA) is 23.5 Å².